The molecule has 2 aliphatic rings. The predicted octanol–water partition coefficient (Wildman–Crippen LogP) is 10.3. The van der Waals surface area contributed by atoms with Crippen LogP contribution in [-0.2, 0) is 0 Å². The topological polar surface area (TPSA) is 0 Å². The summed E-state index contributed by atoms with van der Waals surface area (Å²) < 4.78 is 0. The molecule has 0 aliphatic heterocycles. The second-order valence-electron chi connectivity index (χ2n) is 11.1. The molecule has 0 atom stereocenters. The normalized spacial score (nSPS) is 26.2. The van der Waals surface area contributed by atoms with Gasteiger partial charge in [-0.05, 0) is 84.5 Å². The molecule has 2 fully saturated rings. The number of rotatable bonds is 9. The van der Waals surface area contributed by atoms with Gasteiger partial charge in [0.25, 0.3) is 0 Å². The monoisotopic (exact) mass is 430 g/mol. The molecule has 0 bridgehead atoms. The molecule has 0 saturated heterocycles. The summed E-state index contributed by atoms with van der Waals surface area (Å²) >= 11 is 0. The molecule has 2 aromatic carbocycles. The van der Waals surface area contributed by atoms with Gasteiger partial charge in [0.15, 0.2) is 0 Å². The Morgan fingerprint density at radius 2 is 1.03 bits per heavy atom. The largest absolute Gasteiger partial charge is 0.0654 e. The molecule has 0 amide bonds. The van der Waals surface area contributed by atoms with Crippen molar-refractivity contribution in [1.29, 1.82) is 0 Å². The zero-order valence-corrected chi connectivity index (χ0v) is 20.8. The molecule has 0 aromatic heterocycles. The van der Waals surface area contributed by atoms with Crippen LogP contribution in [0.3, 0.4) is 0 Å². The van der Waals surface area contributed by atoms with Crippen LogP contribution < -0.4 is 0 Å². The van der Waals surface area contributed by atoms with Crippen molar-refractivity contribution in [3.8, 4) is 11.1 Å². The number of unbranched alkanes of at least 4 members (excludes halogenated alkanes) is 4. The highest BCUT2D eigenvalue weighted by Gasteiger charge is 2.22. The second-order valence-corrected chi connectivity index (χ2v) is 11.1. The van der Waals surface area contributed by atoms with E-state index in [4.69, 9.17) is 0 Å². The Bertz CT molecular complexity index is 768. The van der Waals surface area contributed by atoms with Crippen molar-refractivity contribution in [2.75, 3.05) is 0 Å². The maximum Gasteiger partial charge on any atom is -0.0162 e. The first-order valence-corrected chi connectivity index (χ1v) is 13.9. The van der Waals surface area contributed by atoms with Crippen molar-refractivity contribution in [3.05, 3.63) is 59.7 Å². The third kappa shape index (κ3) is 6.49. The molecular formula is C32H46. The molecular weight excluding hydrogens is 384 g/mol. The van der Waals surface area contributed by atoms with Crippen LogP contribution in [0.25, 0.3) is 11.1 Å². The van der Waals surface area contributed by atoms with Crippen molar-refractivity contribution in [3.63, 3.8) is 0 Å². The van der Waals surface area contributed by atoms with Gasteiger partial charge in [0.2, 0.25) is 0 Å². The molecule has 0 nitrogen and oxygen atoms in total. The van der Waals surface area contributed by atoms with E-state index < -0.39 is 0 Å². The SMILES string of the molecule is CCCCCCCC1CCC(c2ccc(-c3ccc(C4CCC(C)CC4)cc3)cc2)CC1. The zero-order chi connectivity index (χ0) is 22.2. The molecule has 32 heavy (non-hydrogen) atoms. The first-order chi connectivity index (χ1) is 15.7. The van der Waals surface area contributed by atoms with E-state index in [-0.39, 0.29) is 0 Å². The van der Waals surface area contributed by atoms with Gasteiger partial charge in [-0.2, -0.15) is 0 Å². The minimum Gasteiger partial charge on any atom is -0.0654 e. The van der Waals surface area contributed by atoms with Crippen molar-refractivity contribution >= 4 is 0 Å². The standard InChI is InChI=1S/C32H46/c1-3-4-5-6-7-8-26-11-15-28(16-12-26)30-19-23-32(24-20-30)31-21-17-29(18-22-31)27-13-9-25(2)10-14-27/h17-28H,3-16H2,1-2H3. The van der Waals surface area contributed by atoms with Gasteiger partial charge in [-0.15, -0.1) is 0 Å². The van der Waals surface area contributed by atoms with Gasteiger partial charge >= 0.3 is 0 Å². The highest BCUT2D eigenvalue weighted by Crippen LogP contribution is 2.39. The first-order valence-electron chi connectivity index (χ1n) is 13.9. The molecule has 0 spiro atoms. The molecule has 0 heteroatoms. The van der Waals surface area contributed by atoms with Gasteiger partial charge in [-0.25, -0.2) is 0 Å². The lowest BCUT2D eigenvalue weighted by atomic mass is 9.77. The van der Waals surface area contributed by atoms with Crippen LogP contribution >= 0.6 is 0 Å². The van der Waals surface area contributed by atoms with Crippen molar-refractivity contribution < 1.29 is 0 Å². The summed E-state index contributed by atoms with van der Waals surface area (Å²) in [6, 6.07) is 19.1. The third-order valence-corrected chi connectivity index (χ3v) is 8.68. The average Bonchev–Trinajstić information content (AvgIpc) is 2.85. The van der Waals surface area contributed by atoms with Crippen molar-refractivity contribution in [2.45, 2.75) is 116 Å². The van der Waals surface area contributed by atoms with Gasteiger partial charge in [0.05, 0.1) is 0 Å². The van der Waals surface area contributed by atoms with E-state index in [2.05, 4.69) is 62.4 Å². The smallest absolute Gasteiger partial charge is 0.0162 e. The minimum absolute atomic E-state index is 0.786. The van der Waals surface area contributed by atoms with E-state index in [9.17, 15) is 0 Å². The Morgan fingerprint density at radius 1 is 0.562 bits per heavy atom. The fourth-order valence-electron chi connectivity index (χ4n) is 6.31. The molecule has 2 aromatic rings. The molecule has 0 heterocycles. The van der Waals surface area contributed by atoms with Crippen LogP contribution in [0, 0.1) is 11.8 Å². The summed E-state index contributed by atoms with van der Waals surface area (Å²) in [7, 11) is 0. The van der Waals surface area contributed by atoms with Crippen LogP contribution in [0.5, 0.6) is 0 Å². The van der Waals surface area contributed by atoms with E-state index >= 15 is 0 Å². The van der Waals surface area contributed by atoms with Crippen molar-refractivity contribution in [1.82, 2.24) is 0 Å². The van der Waals surface area contributed by atoms with Gasteiger partial charge in [0, 0.05) is 0 Å². The Balaban J connectivity index is 1.25. The van der Waals surface area contributed by atoms with E-state index in [0.717, 1.165) is 23.7 Å². The predicted molar refractivity (Wildman–Crippen MR) is 140 cm³/mol. The fourth-order valence-corrected chi connectivity index (χ4v) is 6.31. The van der Waals surface area contributed by atoms with Crippen LogP contribution in [0.15, 0.2) is 48.5 Å². The fraction of sp³-hybridized carbons (Fsp3) is 0.625. The number of hydrogen-bond acceptors (Lipinski definition) is 0. The summed E-state index contributed by atoms with van der Waals surface area (Å²) in [6.45, 7) is 4.71. The average molecular weight is 431 g/mol. The third-order valence-electron chi connectivity index (χ3n) is 8.68. The van der Waals surface area contributed by atoms with Gasteiger partial charge < -0.3 is 0 Å². The Labute approximate surface area is 198 Å². The number of hydrogen-bond donors (Lipinski definition) is 0. The summed E-state index contributed by atoms with van der Waals surface area (Å²) in [6.07, 6.45) is 19.8. The van der Waals surface area contributed by atoms with E-state index in [1.807, 2.05) is 0 Å². The maximum absolute atomic E-state index is 2.42. The van der Waals surface area contributed by atoms with Crippen LogP contribution in [-0.4, -0.2) is 0 Å². The maximum atomic E-state index is 2.42. The number of benzene rings is 2. The molecule has 0 unspecified atom stereocenters. The Morgan fingerprint density at radius 3 is 1.53 bits per heavy atom. The Kier molecular flexibility index (Phi) is 8.89. The summed E-state index contributed by atoms with van der Waals surface area (Å²) in [5.41, 5.74) is 5.87. The quantitative estimate of drug-likeness (QED) is 0.347. The van der Waals surface area contributed by atoms with Crippen LogP contribution in [0.2, 0.25) is 0 Å². The van der Waals surface area contributed by atoms with Crippen LogP contribution in [0.4, 0.5) is 0 Å². The minimum atomic E-state index is 0.786. The highest BCUT2D eigenvalue weighted by atomic mass is 14.3. The van der Waals surface area contributed by atoms with Crippen LogP contribution in [0.1, 0.15) is 127 Å². The second kappa shape index (κ2) is 12.1. The lowest BCUT2D eigenvalue weighted by molar-refractivity contribution is 0.302. The van der Waals surface area contributed by atoms with E-state index in [1.54, 1.807) is 11.1 Å². The first kappa shape index (κ1) is 23.6. The molecule has 174 valence electrons. The molecule has 0 radical (unpaired) electrons. The van der Waals surface area contributed by atoms with E-state index in [0.29, 0.717) is 0 Å². The van der Waals surface area contributed by atoms with Gasteiger partial charge in [-0.3, -0.25) is 0 Å². The molecule has 2 aliphatic carbocycles. The molecule has 2 saturated carbocycles. The van der Waals surface area contributed by atoms with E-state index in [1.165, 1.54) is 101 Å². The molecule has 0 N–H and O–H groups in total. The lowest BCUT2D eigenvalue weighted by Gasteiger charge is -2.29. The Hall–Kier alpha value is -1.56. The van der Waals surface area contributed by atoms with Gasteiger partial charge in [-0.1, -0.05) is 114 Å². The van der Waals surface area contributed by atoms with Gasteiger partial charge in [0.1, 0.15) is 0 Å². The lowest BCUT2D eigenvalue weighted by Crippen LogP contribution is -2.13. The zero-order valence-electron chi connectivity index (χ0n) is 20.8. The van der Waals surface area contributed by atoms with Crippen molar-refractivity contribution in [2.24, 2.45) is 11.8 Å². The summed E-state index contributed by atoms with van der Waals surface area (Å²) in [5.74, 6) is 3.50. The summed E-state index contributed by atoms with van der Waals surface area (Å²) in [4.78, 5) is 0. The highest BCUT2D eigenvalue weighted by molar-refractivity contribution is 5.64. The summed E-state index contributed by atoms with van der Waals surface area (Å²) in [5, 5.41) is 0. The molecule has 4 rings (SSSR count).